The van der Waals surface area contributed by atoms with E-state index in [0.717, 1.165) is 42.3 Å². The number of anilines is 1. The third kappa shape index (κ3) is 6.50. The number of nitrogens with one attached hydrogen (secondary N) is 1. The van der Waals surface area contributed by atoms with Crippen molar-refractivity contribution < 1.29 is 19.5 Å². The maximum Gasteiger partial charge on any atom is 0.320 e. The Morgan fingerprint density at radius 3 is 2.35 bits per heavy atom. The molecule has 2 aromatic heterocycles. The van der Waals surface area contributed by atoms with Crippen LogP contribution < -0.4 is 16.0 Å². The number of likely N-dealkylation sites (tertiary alicyclic amines) is 1. The van der Waals surface area contributed by atoms with Gasteiger partial charge in [0.25, 0.3) is 5.91 Å². The zero-order chi connectivity index (χ0) is 28.1. The molecule has 2 fully saturated rings. The molecular weight excluding hydrogens is 530 g/mol. The number of piperazine rings is 1. The Balaban J connectivity index is 1.10. The molecule has 1 unspecified atom stereocenters. The highest BCUT2D eigenvalue weighted by Crippen LogP contribution is 2.31. The van der Waals surface area contributed by atoms with Crippen LogP contribution in [0.15, 0.2) is 54.0 Å². The van der Waals surface area contributed by atoms with Crippen LogP contribution in [0, 0.1) is 0 Å². The number of aromatic nitrogens is 2. The molecule has 4 N–H and O–H groups in total. The number of hydrogen-bond donors (Lipinski definition) is 3. The number of benzene rings is 1. The second-order valence-corrected chi connectivity index (χ2v) is 11.0. The van der Waals surface area contributed by atoms with Crippen molar-refractivity contribution in [2.24, 2.45) is 5.73 Å². The summed E-state index contributed by atoms with van der Waals surface area (Å²) in [7, 11) is 0. The lowest BCUT2D eigenvalue weighted by molar-refractivity contribution is -0.119. The first-order valence-electron chi connectivity index (χ1n) is 13.4. The summed E-state index contributed by atoms with van der Waals surface area (Å²) in [5.74, 6) is 0.123. The van der Waals surface area contributed by atoms with E-state index in [2.05, 4.69) is 20.2 Å². The molecule has 2 saturated heterocycles. The van der Waals surface area contributed by atoms with Crippen LogP contribution in [0.5, 0.6) is 5.75 Å². The van der Waals surface area contributed by atoms with Gasteiger partial charge in [-0.05, 0) is 42.7 Å². The van der Waals surface area contributed by atoms with Crippen molar-refractivity contribution in [3.63, 3.8) is 0 Å². The van der Waals surface area contributed by atoms with Gasteiger partial charge in [0, 0.05) is 63.2 Å². The first-order chi connectivity index (χ1) is 19.4. The van der Waals surface area contributed by atoms with Crippen molar-refractivity contribution in [1.29, 1.82) is 0 Å². The number of nitrogens with two attached hydrogens (primary N) is 1. The third-order valence-electron chi connectivity index (χ3n) is 7.42. The van der Waals surface area contributed by atoms with Crippen LogP contribution >= 0.6 is 11.3 Å². The molecule has 11 nitrogen and oxygen atoms in total. The molecule has 1 atom stereocenters. The van der Waals surface area contributed by atoms with E-state index in [4.69, 9.17) is 5.73 Å². The van der Waals surface area contributed by atoms with Crippen LogP contribution in [-0.4, -0.2) is 88.0 Å². The Morgan fingerprint density at radius 1 is 1.00 bits per heavy atom. The van der Waals surface area contributed by atoms with Crippen molar-refractivity contribution in [2.75, 3.05) is 44.2 Å². The van der Waals surface area contributed by atoms with Gasteiger partial charge in [-0.3, -0.25) is 9.59 Å². The molecule has 2 aliphatic rings. The minimum absolute atomic E-state index is 0.0736. The fourth-order valence-electron chi connectivity index (χ4n) is 5.09. The van der Waals surface area contributed by atoms with Crippen LogP contribution in [0.25, 0.3) is 0 Å². The molecule has 210 valence electrons. The lowest BCUT2D eigenvalue weighted by Crippen LogP contribution is -2.54. The summed E-state index contributed by atoms with van der Waals surface area (Å²) < 4.78 is 0. The van der Waals surface area contributed by atoms with E-state index in [1.807, 2.05) is 28.0 Å². The number of urea groups is 1. The summed E-state index contributed by atoms with van der Waals surface area (Å²) in [6, 6.07) is 11.4. The number of amides is 4. The fraction of sp³-hybridized carbons (Fsp3) is 0.393. The zero-order valence-corrected chi connectivity index (χ0v) is 22.9. The Kier molecular flexibility index (Phi) is 8.44. The number of rotatable bonds is 7. The molecule has 0 bridgehead atoms. The lowest BCUT2D eigenvalue weighted by atomic mass is 9.98. The lowest BCUT2D eigenvalue weighted by Gasteiger charge is -2.39. The van der Waals surface area contributed by atoms with Gasteiger partial charge < -0.3 is 30.9 Å². The van der Waals surface area contributed by atoms with Gasteiger partial charge in [0.15, 0.2) is 0 Å². The number of carbonyl (C=O) groups excluding carboxylic acids is 3. The predicted molar refractivity (Wildman–Crippen MR) is 151 cm³/mol. The van der Waals surface area contributed by atoms with Gasteiger partial charge in [-0.2, -0.15) is 0 Å². The van der Waals surface area contributed by atoms with Crippen LogP contribution in [0.2, 0.25) is 0 Å². The highest BCUT2D eigenvalue weighted by molar-refractivity contribution is 7.09. The quantitative estimate of drug-likeness (QED) is 0.400. The van der Waals surface area contributed by atoms with Crippen LogP contribution in [0.3, 0.4) is 0 Å². The van der Waals surface area contributed by atoms with Crippen molar-refractivity contribution in [1.82, 2.24) is 25.1 Å². The Morgan fingerprint density at radius 2 is 1.70 bits per heavy atom. The van der Waals surface area contributed by atoms with Crippen molar-refractivity contribution in [3.05, 3.63) is 70.3 Å². The molecule has 4 amide bonds. The highest BCUT2D eigenvalue weighted by Gasteiger charge is 2.31. The second kappa shape index (κ2) is 12.3. The average molecular weight is 564 g/mol. The third-order valence-corrected chi connectivity index (χ3v) is 8.42. The second-order valence-electron chi connectivity index (χ2n) is 10.1. The Labute approximate surface area is 236 Å². The van der Waals surface area contributed by atoms with E-state index >= 15 is 0 Å². The number of nitrogens with zero attached hydrogens (tertiary/aromatic N) is 5. The summed E-state index contributed by atoms with van der Waals surface area (Å²) in [6.45, 7) is 4.13. The Bertz CT molecular complexity index is 1320. The topological polar surface area (TPSA) is 145 Å². The molecule has 0 spiro atoms. The minimum Gasteiger partial charge on any atom is -0.508 e. The van der Waals surface area contributed by atoms with E-state index in [-0.39, 0.29) is 29.8 Å². The molecule has 0 aliphatic carbocycles. The molecule has 0 radical (unpaired) electrons. The number of hydrogen-bond acceptors (Lipinski definition) is 8. The van der Waals surface area contributed by atoms with Gasteiger partial charge in [0.2, 0.25) is 5.91 Å². The van der Waals surface area contributed by atoms with Crippen molar-refractivity contribution >= 4 is 35.0 Å². The molecule has 0 saturated carbocycles. The normalized spacial score (nSPS) is 16.9. The number of phenolic OH excluding ortho intramolecular Hbond substituents is 1. The number of primary amides is 1. The highest BCUT2D eigenvalue weighted by atomic mass is 32.1. The standard InChI is InChI=1S/C28H33N7O4S/c29-25(37)22(17-19-4-6-21(36)7-5-19)31-26(38)23-18-40-27(32-23)20-8-11-34(12-9-20)28(39)35-15-13-33(14-16-35)24-3-1-2-10-30-24/h1-7,10,18,20,22,36H,8-9,11-17H2,(H2,29,37)(H,31,38). The van der Waals surface area contributed by atoms with Gasteiger partial charge in [0.05, 0.1) is 5.01 Å². The predicted octanol–water partition coefficient (Wildman–Crippen LogP) is 2.19. The molecule has 2 aliphatic heterocycles. The van der Waals surface area contributed by atoms with E-state index in [9.17, 15) is 19.5 Å². The molecule has 4 heterocycles. The minimum atomic E-state index is -0.901. The van der Waals surface area contributed by atoms with Gasteiger partial charge in [-0.25, -0.2) is 14.8 Å². The Hall–Kier alpha value is -4.19. The summed E-state index contributed by atoms with van der Waals surface area (Å²) in [4.78, 5) is 53.0. The summed E-state index contributed by atoms with van der Waals surface area (Å²) >= 11 is 1.42. The van der Waals surface area contributed by atoms with Crippen molar-refractivity contribution in [3.8, 4) is 5.75 Å². The largest absolute Gasteiger partial charge is 0.508 e. The zero-order valence-electron chi connectivity index (χ0n) is 22.1. The maximum atomic E-state index is 13.1. The van der Waals surface area contributed by atoms with Crippen molar-refractivity contribution in [2.45, 2.75) is 31.2 Å². The molecule has 12 heteroatoms. The van der Waals surface area contributed by atoms with Gasteiger partial charge >= 0.3 is 6.03 Å². The number of piperidine rings is 1. The summed E-state index contributed by atoms with van der Waals surface area (Å²) in [5, 5.41) is 14.7. The first-order valence-corrected chi connectivity index (χ1v) is 14.3. The van der Waals surface area contributed by atoms with Crippen LogP contribution in [-0.2, 0) is 11.2 Å². The number of aromatic hydroxyl groups is 1. The number of thiazole rings is 1. The number of pyridine rings is 1. The SMILES string of the molecule is NC(=O)C(Cc1ccc(O)cc1)NC(=O)c1csc(C2CCN(C(=O)N3CCN(c4ccccn4)CC3)CC2)n1. The average Bonchev–Trinajstić information content (AvgIpc) is 3.49. The van der Waals surface area contributed by atoms with E-state index < -0.39 is 17.9 Å². The smallest absolute Gasteiger partial charge is 0.320 e. The van der Waals surface area contributed by atoms with E-state index in [1.165, 1.54) is 23.5 Å². The number of carbonyl (C=O) groups is 3. The fourth-order valence-corrected chi connectivity index (χ4v) is 6.06. The molecule has 40 heavy (non-hydrogen) atoms. The summed E-state index contributed by atoms with van der Waals surface area (Å²) in [5.41, 5.74) is 6.54. The summed E-state index contributed by atoms with van der Waals surface area (Å²) in [6.07, 6.45) is 3.55. The van der Waals surface area contributed by atoms with Gasteiger partial charge in [0.1, 0.15) is 23.3 Å². The monoisotopic (exact) mass is 563 g/mol. The van der Waals surface area contributed by atoms with Crippen LogP contribution in [0.4, 0.5) is 10.6 Å². The molecular formula is C28H33N7O4S. The molecule has 3 aromatic rings. The van der Waals surface area contributed by atoms with E-state index in [1.54, 1.807) is 23.7 Å². The van der Waals surface area contributed by atoms with Gasteiger partial charge in [-0.15, -0.1) is 11.3 Å². The first kappa shape index (κ1) is 27.4. The maximum absolute atomic E-state index is 13.1. The van der Waals surface area contributed by atoms with Gasteiger partial charge in [-0.1, -0.05) is 18.2 Å². The van der Waals surface area contributed by atoms with E-state index in [0.29, 0.717) is 26.2 Å². The number of phenols is 1. The molecule has 1 aromatic carbocycles. The van der Waals surface area contributed by atoms with Crippen LogP contribution in [0.1, 0.15) is 39.8 Å². The molecule has 5 rings (SSSR count).